The van der Waals surface area contributed by atoms with Crippen LogP contribution in [0.1, 0.15) is 11.8 Å². The number of nitrogens with zero attached hydrogens (tertiary/aromatic N) is 1. The predicted octanol–water partition coefficient (Wildman–Crippen LogP) is 0.745. The number of nitrogens with one attached hydrogen (secondary N) is 1. The molecule has 0 unspecified atom stereocenters. The third-order valence-electron chi connectivity index (χ3n) is 3.13. The first kappa shape index (κ1) is 8.79. The molecular formula is C10H12N2O3. The fourth-order valence-electron chi connectivity index (χ4n) is 2.29. The average molecular weight is 208 g/mol. The van der Waals surface area contributed by atoms with E-state index >= 15 is 0 Å². The molecule has 3 rings (SSSR count). The molecule has 2 aliphatic rings. The second-order valence-electron chi connectivity index (χ2n) is 4.07. The molecule has 1 aromatic heterocycles. The largest absolute Gasteiger partial charge is 0.467 e. The Morgan fingerprint density at radius 1 is 1.60 bits per heavy atom. The topological polar surface area (TPSA) is 54.7 Å². The van der Waals surface area contributed by atoms with Crippen LogP contribution in [0.2, 0.25) is 0 Å². The Morgan fingerprint density at radius 2 is 2.40 bits per heavy atom. The van der Waals surface area contributed by atoms with E-state index in [-0.39, 0.29) is 12.1 Å². The summed E-state index contributed by atoms with van der Waals surface area (Å²) < 4.78 is 10.8. The third kappa shape index (κ3) is 1.04. The lowest BCUT2D eigenvalue weighted by Crippen LogP contribution is -2.62. The van der Waals surface area contributed by atoms with Gasteiger partial charge in [0.15, 0.2) is 5.60 Å². The highest BCUT2D eigenvalue weighted by atomic mass is 16.6. The number of carbonyl (C=O) groups excluding carboxylic acids is 1. The summed E-state index contributed by atoms with van der Waals surface area (Å²) in [6, 6.07) is 3.59. The molecule has 0 saturated carbocycles. The number of ether oxygens (including phenoxy) is 1. The fraction of sp³-hybridized carbons (Fsp3) is 0.500. The maximum Gasteiger partial charge on any atom is 0.411 e. The van der Waals surface area contributed by atoms with Crippen LogP contribution in [-0.4, -0.2) is 36.7 Å². The molecule has 15 heavy (non-hydrogen) atoms. The molecule has 3 heterocycles. The van der Waals surface area contributed by atoms with Crippen LogP contribution in [0.25, 0.3) is 0 Å². The molecule has 5 nitrogen and oxygen atoms in total. The van der Waals surface area contributed by atoms with E-state index in [1.54, 1.807) is 18.2 Å². The van der Waals surface area contributed by atoms with E-state index in [9.17, 15) is 4.79 Å². The highest BCUT2D eigenvalue weighted by molar-refractivity contribution is 5.72. The predicted molar refractivity (Wildman–Crippen MR) is 51.3 cm³/mol. The normalized spacial score (nSPS) is 27.9. The molecule has 0 aromatic carbocycles. The fourth-order valence-corrected chi connectivity index (χ4v) is 2.29. The van der Waals surface area contributed by atoms with Crippen LogP contribution in [0, 0.1) is 0 Å². The molecule has 1 spiro atoms. The van der Waals surface area contributed by atoms with Gasteiger partial charge in [-0.2, -0.15) is 0 Å². The van der Waals surface area contributed by atoms with Crippen molar-refractivity contribution >= 4 is 6.09 Å². The van der Waals surface area contributed by atoms with Crippen molar-refractivity contribution < 1.29 is 13.9 Å². The molecule has 2 aliphatic heterocycles. The van der Waals surface area contributed by atoms with Crippen LogP contribution in [0.3, 0.4) is 0 Å². The Morgan fingerprint density at radius 3 is 2.93 bits per heavy atom. The van der Waals surface area contributed by atoms with Gasteiger partial charge in [-0.1, -0.05) is 0 Å². The Hall–Kier alpha value is -1.49. The molecule has 0 aliphatic carbocycles. The number of carbonyl (C=O) groups is 1. The van der Waals surface area contributed by atoms with Crippen LogP contribution >= 0.6 is 0 Å². The average Bonchev–Trinajstić information content (AvgIpc) is 2.72. The van der Waals surface area contributed by atoms with Gasteiger partial charge in [0.25, 0.3) is 0 Å². The van der Waals surface area contributed by atoms with E-state index in [4.69, 9.17) is 9.15 Å². The smallest absolute Gasteiger partial charge is 0.411 e. The molecule has 1 N–H and O–H groups in total. The number of hydrogen-bond donors (Lipinski definition) is 1. The van der Waals surface area contributed by atoms with Crippen molar-refractivity contribution in [3.8, 4) is 0 Å². The molecule has 5 heteroatoms. The Kier molecular flexibility index (Phi) is 1.62. The van der Waals surface area contributed by atoms with E-state index in [1.165, 1.54) is 0 Å². The lowest BCUT2D eigenvalue weighted by molar-refractivity contribution is -0.0158. The van der Waals surface area contributed by atoms with Crippen molar-refractivity contribution in [2.45, 2.75) is 11.6 Å². The molecule has 2 saturated heterocycles. The summed E-state index contributed by atoms with van der Waals surface area (Å²) in [5.41, 5.74) is -0.427. The third-order valence-corrected chi connectivity index (χ3v) is 3.13. The zero-order valence-electron chi connectivity index (χ0n) is 8.40. The summed E-state index contributed by atoms with van der Waals surface area (Å²) in [5, 5.41) is 3.13. The van der Waals surface area contributed by atoms with Gasteiger partial charge in [-0.15, -0.1) is 0 Å². The lowest BCUT2D eigenvalue weighted by Gasteiger charge is -2.40. The molecule has 0 bridgehead atoms. The van der Waals surface area contributed by atoms with Gasteiger partial charge < -0.3 is 14.5 Å². The number of amides is 1. The first-order valence-electron chi connectivity index (χ1n) is 4.93. The van der Waals surface area contributed by atoms with Gasteiger partial charge in [0.05, 0.1) is 6.26 Å². The van der Waals surface area contributed by atoms with E-state index < -0.39 is 5.60 Å². The monoisotopic (exact) mass is 208 g/mol. The minimum atomic E-state index is -0.427. The van der Waals surface area contributed by atoms with Crippen molar-refractivity contribution in [3.05, 3.63) is 24.2 Å². The van der Waals surface area contributed by atoms with Crippen molar-refractivity contribution in [1.82, 2.24) is 10.2 Å². The quantitative estimate of drug-likeness (QED) is 0.739. The maximum absolute atomic E-state index is 11.5. The highest BCUT2D eigenvalue weighted by Gasteiger charge is 2.58. The van der Waals surface area contributed by atoms with E-state index in [2.05, 4.69) is 5.32 Å². The van der Waals surface area contributed by atoms with Crippen LogP contribution in [0.5, 0.6) is 0 Å². The van der Waals surface area contributed by atoms with Crippen molar-refractivity contribution in [2.24, 2.45) is 0 Å². The summed E-state index contributed by atoms with van der Waals surface area (Å²) in [7, 11) is 1.74. The number of hydrogen-bond acceptors (Lipinski definition) is 4. The van der Waals surface area contributed by atoms with Gasteiger partial charge >= 0.3 is 6.09 Å². The van der Waals surface area contributed by atoms with Gasteiger partial charge in [-0.3, -0.25) is 4.90 Å². The molecule has 80 valence electrons. The van der Waals surface area contributed by atoms with Crippen molar-refractivity contribution in [1.29, 1.82) is 0 Å². The minimum absolute atomic E-state index is 0.110. The van der Waals surface area contributed by atoms with E-state index in [1.807, 2.05) is 12.1 Å². The highest BCUT2D eigenvalue weighted by Crippen LogP contribution is 2.42. The zero-order valence-corrected chi connectivity index (χ0v) is 8.40. The van der Waals surface area contributed by atoms with Crippen LogP contribution in [0.4, 0.5) is 4.79 Å². The molecule has 0 radical (unpaired) electrons. The molecule has 2 fully saturated rings. The second-order valence-corrected chi connectivity index (χ2v) is 4.07. The van der Waals surface area contributed by atoms with Gasteiger partial charge in [0.2, 0.25) is 0 Å². The summed E-state index contributed by atoms with van der Waals surface area (Å²) in [6.45, 7) is 1.38. The summed E-state index contributed by atoms with van der Waals surface area (Å²) in [6.07, 6.45) is 1.34. The second kappa shape index (κ2) is 2.76. The van der Waals surface area contributed by atoms with Gasteiger partial charge in [-0.05, 0) is 12.1 Å². The van der Waals surface area contributed by atoms with E-state index in [0.29, 0.717) is 13.1 Å². The maximum atomic E-state index is 11.5. The number of furan rings is 1. The van der Waals surface area contributed by atoms with Crippen LogP contribution < -0.4 is 5.32 Å². The standard InChI is InChI=1S/C10H12N2O3/c1-12-8(7-3-2-4-14-7)10(5-11-6-10)15-9(12)13/h2-4,8,11H,5-6H2,1H3/t8-/m0/s1. The van der Waals surface area contributed by atoms with Crippen molar-refractivity contribution in [3.63, 3.8) is 0 Å². The molecular weight excluding hydrogens is 196 g/mol. The molecule has 1 aromatic rings. The minimum Gasteiger partial charge on any atom is -0.467 e. The van der Waals surface area contributed by atoms with Crippen molar-refractivity contribution in [2.75, 3.05) is 20.1 Å². The summed E-state index contributed by atoms with van der Waals surface area (Å²) in [5.74, 6) is 0.782. The lowest BCUT2D eigenvalue weighted by atomic mass is 9.86. The summed E-state index contributed by atoms with van der Waals surface area (Å²) in [4.78, 5) is 13.1. The first-order chi connectivity index (χ1) is 7.23. The van der Waals surface area contributed by atoms with Gasteiger partial charge in [-0.25, -0.2) is 4.79 Å². The Bertz CT molecular complexity index is 383. The zero-order chi connectivity index (χ0) is 10.5. The summed E-state index contributed by atoms with van der Waals surface area (Å²) >= 11 is 0. The number of rotatable bonds is 1. The first-order valence-corrected chi connectivity index (χ1v) is 4.93. The van der Waals surface area contributed by atoms with E-state index in [0.717, 1.165) is 5.76 Å². The Labute approximate surface area is 87.0 Å². The van der Waals surface area contributed by atoms with Crippen LogP contribution in [0.15, 0.2) is 22.8 Å². The molecule has 1 amide bonds. The SMILES string of the molecule is CN1C(=O)OC2(CNC2)[C@@H]1c1ccco1. The Balaban J connectivity index is 2.00. The van der Waals surface area contributed by atoms with Gasteiger partial charge in [0.1, 0.15) is 11.8 Å². The number of likely N-dealkylation sites (N-methyl/N-ethyl adjacent to an activating group) is 1. The molecule has 1 atom stereocenters. The van der Waals surface area contributed by atoms with Gasteiger partial charge in [0, 0.05) is 20.1 Å². The van der Waals surface area contributed by atoms with Crippen LogP contribution in [-0.2, 0) is 4.74 Å².